The maximum absolute atomic E-state index is 12.3. The summed E-state index contributed by atoms with van der Waals surface area (Å²) in [5.74, 6) is 0.805. The number of fused-ring (bicyclic) bond motifs is 1. The first-order valence-electron chi connectivity index (χ1n) is 9.19. The second-order valence-electron chi connectivity index (χ2n) is 6.57. The lowest BCUT2D eigenvalue weighted by Crippen LogP contribution is -2.14. The Kier molecular flexibility index (Phi) is 5.27. The van der Waals surface area contributed by atoms with Crippen LogP contribution in [0.15, 0.2) is 76.1 Å². The van der Waals surface area contributed by atoms with Gasteiger partial charge in [-0.2, -0.15) is 0 Å². The van der Waals surface area contributed by atoms with Crippen molar-refractivity contribution in [3.8, 4) is 22.6 Å². The van der Waals surface area contributed by atoms with E-state index in [0.29, 0.717) is 24.2 Å². The highest BCUT2D eigenvalue weighted by atomic mass is 16.5. The number of phenolic OH excluding ortho intramolecular Hbond substituents is 1. The van der Waals surface area contributed by atoms with Crippen molar-refractivity contribution in [2.24, 2.45) is 0 Å². The molecule has 2 aromatic carbocycles. The molecular weight excluding hydrogens is 368 g/mol. The van der Waals surface area contributed by atoms with Crippen LogP contribution in [0.4, 0.5) is 0 Å². The van der Waals surface area contributed by atoms with E-state index >= 15 is 0 Å². The van der Waals surface area contributed by atoms with Crippen molar-refractivity contribution in [3.05, 3.63) is 88.5 Å². The zero-order valence-corrected chi connectivity index (χ0v) is 15.9. The third-order valence-corrected chi connectivity index (χ3v) is 4.73. The van der Waals surface area contributed by atoms with Gasteiger partial charge in [0.15, 0.2) is 0 Å². The number of methoxy groups -OCH3 is 1. The lowest BCUT2D eigenvalue weighted by atomic mass is 9.99. The molecule has 6 nitrogen and oxygen atoms in total. The summed E-state index contributed by atoms with van der Waals surface area (Å²) in [4.78, 5) is 16.5. The van der Waals surface area contributed by atoms with Crippen LogP contribution in [0.25, 0.3) is 22.1 Å². The molecule has 0 saturated heterocycles. The predicted molar refractivity (Wildman–Crippen MR) is 111 cm³/mol. The van der Waals surface area contributed by atoms with Gasteiger partial charge in [0.05, 0.1) is 18.4 Å². The van der Waals surface area contributed by atoms with E-state index in [1.54, 1.807) is 25.4 Å². The fourth-order valence-corrected chi connectivity index (χ4v) is 3.27. The number of phenols is 1. The van der Waals surface area contributed by atoms with Gasteiger partial charge in [-0.15, -0.1) is 0 Å². The van der Waals surface area contributed by atoms with Crippen LogP contribution >= 0.6 is 0 Å². The van der Waals surface area contributed by atoms with Crippen molar-refractivity contribution in [3.63, 3.8) is 0 Å². The van der Waals surface area contributed by atoms with E-state index in [4.69, 9.17) is 9.15 Å². The third kappa shape index (κ3) is 3.97. The van der Waals surface area contributed by atoms with Gasteiger partial charge in [-0.1, -0.05) is 18.2 Å². The summed E-state index contributed by atoms with van der Waals surface area (Å²) in [5, 5.41) is 14.4. The molecule has 0 unspecified atom stereocenters. The zero-order chi connectivity index (χ0) is 20.2. The van der Waals surface area contributed by atoms with Crippen molar-refractivity contribution in [1.29, 1.82) is 0 Å². The molecule has 0 radical (unpaired) electrons. The van der Waals surface area contributed by atoms with Gasteiger partial charge in [-0.3, -0.25) is 4.98 Å². The maximum Gasteiger partial charge on any atom is 0.336 e. The van der Waals surface area contributed by atoms with Crippen molar-refractivity contribution in [1.82, 2.24) is 10.3 Å². The summed E-state index contributed by atoms with van der Waals surface area (Å²) >= 11 is 0. The number of aromatic hydroxyl groups is 1. The minimum Gasteiger partial charge on any atom is -0.507 e. The molecule has 0 aliphatic rings. The summed E-state index contributed by atoms with van der Waals surface area (Å²) in [6.45, 7) is 0.855. The number of nitrogens with zero attached hydrogens (tertiary/aromatic N) is 1. The van der Waals surface area contributed by atoms with Gasteiger partial charge in [-0.25, -0.2) is 4.79 Å². The van der Waals surface area contributed by atoms with Gasteiger partial charge in [-0.05, 0) is 47.5 Å². The second-order valence-corrected chi connectivity index (χ2v) is 6.57. The molecule has 29 heavy (non-hydrogen) atoms. The first-order valence-corrected chi connectivity index (χ1v) is 9.19. The standard InChI is InChI=1S/C23H20N2O4/c1-28-17-7-5-15(6-8-17)19-12-22(27)29-23-18(19)9-10-21(26)20(23)14-24-13-16-4-2-3-11-25-16/h2-12,24,26H,13-14H2,1H3. The van der Waals surface area contributed by atoms with Gasteiger partial charge < -0.3 is 19.6 Å². The van der Waals surface area contributed by atoms with E-state index in [2.05, 4.69) is 10.3 Å². The summed E-state index contributed by atoms with van der Waals surface area (Å²) in [6.07, 6.45) is 1.73. The molecule has 0 bridgehead atoms. The highest BCUT2D eigenvalue weighted by Gasteiger charge is 2.15. The van der Waals surface area contributed by atoms with Gasteiger partial charge in [0.25, 0.3) is 0 Å². The number of hydrogen-bond donors (Lipinski definition) is 2. The van der Waals surface area contributed by atoms with Crippen LogP contribution in [0.2, 0.25) is 0 Å². The average Bonchev–Trinajstić information content (AvgIpc) is 2.75. The summed E-state index contributed by atoms with van der Waals surface area (Å²) in [7, 11) is 1.61. The van der Waals surface area contributed by atoms with Gasteiger partial charge >= 0.3 is 5.63 Å². The molecule has 6 heteroatoms. The first-order chi connectivity index (χ1) is 14.2. The molecule has 2 aromatic heterocycles. The van der Waals surface area contributed by atoms with Crippen LogP contribution in [0.1, 0.15) is 11.3 Å². The molecule has 0 aliphatic carbocycles. The number of nitrogens with one attached hydrogen (secondary N) is 1. The molecule has 0 saturated carbocycles. The number of aromatic nitrogens is 1. The Morgan fingerprint density at radius 1 is 1.07 bits per heavy atom. The Hall–Kier alpha value is -3.64. The number of hydrogen-bond acceptors (Lipinski definition) is 6. The molecule has 0 amide bonds. The Balaban J connectivity index is 1.72. The molecule has 146 valence electrons. The molecule has 0 spiro atoms. The van der Waals surface area contributed by atoms with Crippen molar-refractivity contribution >= 4 is 11.0 Å². The van der Waals surface area contributed by atoms with Crippen LogP contribution < -0.4 is 15.7 Å². The fourth-order valence-electron chi connectivity index (χ4n) is 3.27. The largest absolute Gasteiger partial charge is 0.507 e. The Labute approximate surface area is 167 Å². The maximum atomic E-state index is 12.3. The quantitative estimate of drug-likeness (QED) is 0.488. The topological polar surface area (TPSA) is 84.6 Å². The van der Waals surface area contributed by atoms with Crippen molar-refractivity contribution in [2.45, 2.75) is 13.1 Å². The average molecular weight is 388 g/mol. The summed E-state index contributed by atoms with van der Waals surface area (Å²) in [5.41, 5.74) is 2.92. The number of pyridine rings is 1. The van der Waals surface area contributed by atoms with Crippen LogP contribution in [-0.4, -0.2) is 17.2 Å². The molecule has 2 N–H and O–H groups in total. The lowest BCUT2D eigenvalue weighted by molar-refractivity contribution is 0.415. The molecular formula is C23H20N2O4. The Bertz CT molecular complexity index is 1190. The number of rotatable bonds is 6. The zero-order valence-electron chi connectivity index (χ0n) is 15.9. The Morgan fingerprint density at radius 3 is 2.62 bits per heavy atom. The van der Waals surface area contributed by atoms with E-state index in [-0.39, 0.29) is 5.75 Å². The van der Waals surface area contributed by atoms with Crippen molar-refractivity contribution in [2.75, 3.05) is 7.11 Å². The monoisotopic (exact) mass is 388 g/mol. The SMILES string of the molecule is COc1ccc(-c2cc(=O)oc3c(CNCc4ccccn4)c(O)ccc23)cc1. The highest BCUT2D eigenvalue weighted by molar-refractivity contribution is 5.95. The van der Waals surface area contributed by atoms with Crippen molar-refractivity contribution < 1.29 is 14.3 Å². The molecule has 4 aromatic rings. The second kappa shape index (κ2) is 8.16. The van der Waals surface area contributed by atoms with Gasteiger partial charge in [0, 0.05) is 30.7 Å². The van der Waals surface area contributed by atoms with E-state index in [9.17, 15) is 9.90 Å². The van der Waals surface area contributed by atoms with Gasteiger partial charge in [0.1, 0.15) is 17.1 Å². The predicted octanol–water partition coefficient (Wildman–Crippen LogP) is 3.86. The number of ether oxygens (including phenoxy) is 1. The molecule has 2 heterocycles. The van der Waals surface area contributed by atoms with Crippen LogP contribution in [-0.2, 0) is 13.1 Å². The van der Waals surface area contributed by atoms with E-state index < -0.39 is 5.63 Å². The summed E-state index contributed by atoms with van der Waals surface area (Å²) in [6, 6.07) is 18.0. The molecule has 0 atom stereocenters. The first kappa shape index (κ1) is 18.7. The molecule has 4 rings (SSSR count). The minimum atomic E-state index is -0.472. The highest BCUT2D eigenvalue weighted by Crippen LogP contribution is 2.33. The van der Waals surface area contributed by atoms with Crippen LogP contribution in [0.5, 0.6) is 11.5 Å². The minimum absolute atomic E-state index is 0.0704. The normalized spacial score (nSPS) is 10.9. The summed E-state index contributed by atoms with van der Waals surface area (Å²) < 4.78 is 10.7. The lowest BCUT2D eigenvalue weighted by Gasteiger charge is -2.12. The smallest absolute Gasteiger partial charge is 0.336 e. The Morgan fingerprint density at radius 2 is 1.90 bits per heavy atom. The van der Waals surface area contributed by atoms with E-state index in [1.807, 2.05) is 42.5 Å². The van der Waals surface area contributed by atoms with Crippen LogP contribution in [0.3, 0.4) is 0 Å². The fraction of sp³-hybridized carbons (Fsp3) is 0.130. The molecule has 0 fully saturated rings. The van der Waals surface area contributed by atoms with Crippen LogP contribution in [0, 0.1) is 0 Å². The van der Waals surface area contributed by atoms with E-state index in [0.717, 1.165) is 28.0 Å². The molecule has 0 aliphatic heterocycles. The van der Waals surface area contributed by atoms with E-state index in [1.165, 1.54) is 6.07 Å². The third-order valence-electron chi connectivity index (χ3n) is 4.73. The van der Waals surface area contributed by atoms with Gasteiger partial charge in [0.2, 0.25) is 0 Å². The number of benzene rings is 2.